The summed E-state index contributed by atoms with van der Waals surface area (Å²) in [7, 11) is 0. The summed E-state index contributed by atoms with van der Waals surface area (Å²) in [5.74, 6) is -2.42. The lowest BCUT2D eigenvalue weighted by Crippen LogP contribution is -2.38. The summed E-state index contributed by atoms with van der Waals surface area (Å²) in [6.07, 6.45) is 0.793. The number of carbonyl (C=O) groups excluding carboxylic acids is 4. The van der Waals surface area contributed by atoms with Crippen molar-refractivity contribution in [3.63, 3.8) is 0 Å². The third-order valence-corrected chi connectivity index (χ3v) is 6.30. The van der Waals surface area contributed by atoms with E-state index in [2.05, 4.69) is 10.6 Å². The van der Waals surface area contributed by atoms with Crippen molar-refractivity contribution in [1.29, 1.82) is 0 Å². The first-order valence-corrected chi connectivity index (χ1v) is 14.3. The summed E-state index contributed by atoms with van der Waals surface area (Å²) < 4.78 is 16.3. The number of rotatable bonds is 14. The standard InChI is InChI=1S/C34H40N2O7/c1-5-26-13-9-10-14-29(26)36-30(37)23-42-32(39)21-35-33(40)27(20-31(38)43-34(2,3)4)19-24-15-17-28(18-16-24)41-22-25-11-7-6-8-12-25/h6-18,27H,5,19-23H2,1-4H3,(H,35,40)(H,36,37)/t27-/m1/s1. The molecule has 0 unspecified atom stereocenters. The fourth-order valence-electron chi connectivity index (χ4n) is 4.23. The molecule has 3 rings (SSSR count). The molecule has 0 aliphatic heterocycles. The molecule has 0 saturated carbocycles. The van der Waals surface area contributed by atoms with E-state index in [0.717, 1.165) is 23.1 Å². The van der Waals surface area contributed by atoms with E-state index in [4.69, 9.17) is 14.2 Å². The maximum absolute atomic E-state index is 13.1. The van der Waals surface area contributed by atoms with E-state index in [-0.39, 0.29) is 12.8 Å². The monoisotopic (exact) mass is 588 g/mol. The van der Waals surface area contributed by atoms with Gasteiger partial charge in [-0.3, -0.25) is 19.2 Å². The van der Waals surface area contributed by atoms with Gasteiger partial charge in [-0.1, -0.05) is 67.6 Å². The molecule has 0 aliphatic carbocycles. The van der Waals surface area contributed by atoms with Crippen molar-refractivity contribution in [2.45, 2.75) is 59.2 Å². The zero-order chi connectivity index (χ0) is 31.2. The van der Waals surface area contributed by atoms with Crippen LogP contribution in [0.4, 0.5) is 5.69 Å². The van der Waals surface area contributed by atoms with Crippen molar-refractivity contribution in [2.24, 2.45) is 5.92 Å². The van der Waals surface area contributed by atoms with Crippen LogP contribution in [-0.4, -0.2) is 42.5 Å². The van der Waals surface area contributed by atoms with Crippen LogP contribution in [0.5, 0.6) is 5.75 Å². The molecule has 0 aromatic heterocycles. The largest absolute Gasteiger partial charge is 0.489 e. The van der Waals surface area contributed by atoms with Crippen molar-refractivity contribution in [3.05, 3.63) is 95.6 Å². The summed E-state index contributed by atoms with van der Waals surface area (Å²) in [5, 5.41) is 5.26. The van der Waals surface area contributed by atoms with Gasteiger partial charge in [-0.15, -0.1) is 0 Å². The van der Waals surface area contributed by atoms with Crippen LogP contribution in [0.25, 0.3) is 0 Å². The molecule has 43 heavy (non-hydrogen) atoms. The zero-order valence-electron chi connectivity index (χ0n) is 25.2. The highest BCUT2D eigenvalue weighted by Gasteiger charge is 2.26. The number of amides is 2. The first-order chi connectivity index (χ1) is 20.5. The molecule has 1 atom stereocenters. The van der Waals surface area contributed by atoms with Crippen molar-refractivity contribution in [2.75, 3.05) is 18.5 Å². The smallest absolute Gasteiger partial charge is 0.325 e. The molecule has 0 aliphatic rings. The number of nitrogens with one attached hydrogen (secondary N) is 2. The Morgan fingerprint density at radius 3 is 2.16 bits per heavy atom. The van der Waals surface area contributed by atoms with Gasteiger partial charge < -0.3 is 24.8 Å². The Hall–Kier alpha value is -4.66. The van der Waals surface area contributed by atoms with Gasteiger partial charge >= 0.3 is 11.9 Å². The van der Waals surface area contributed by atoms with Crippen LogP contribution in [0, 0.1) is 5.92 Å². The average Bonchev–Trinajstić information content (AvgIpc) is 2.98. The summed E-state index contributed by atoms with van der Waals surface area (Å²) in [6, 6.07) is 24.4. The molecule has 9 heteroatoms. The van der Waals surface area contributed by atoms with Crippen LogP contribution < -0.4 is 15.4 Å². The number of ether oxygens (including phenoxy) is 3. The second kappa shape index (κ2) is 16.1. The van der Waals surface area contributed by atoms with Gasteiger partial charge in [0, 0.05) is 5.69 Å². The van der Waals surface area contributed by atoms with E-state index < -0.39 is 48.4 Å². The quantitative estimate of drug-likeness (QED) is 0.254. The van der Waals surface area contributed by atoms with Crippen molar-refractivity contribution in [1.82, 2.24) is 5.32 Å². The van der Waals surface area contributed by atoms with E-state index in [1.165, 1.54) is 0 Å². The number of esters is 2. The van der Waals surface area contributed by atoms with Gasteiger partial charge in [0.15, 0.2) is 6.61 Å². The fraction of sp³-hybridized carbons (Fsp3) is 0.353. The van der Waals surface area contributed by atoms with E-state index >= 15 is 0 Å². The van der Waals surface area contributed by atoms with Crippen LogP contribution in [0.2, 0.25) is 0 Å². The highest BCUT2D eigenvalue weighted by molar-refractivity contribution is 5.94. The molecule has 3 aromatic rings. The highest BCUT2D eigenvalue weighted by atomic mass is 16.6. The molecule has 0 fully saturated rings. The van der Waals surface area contributed by atoms with E-state index in [0.29, 0.717) is 18.0 Å². The van der Waals surface area contributed by atoms with Crippen LogP contribution in [0.3, 0.4) is 0 Å². The highest BCUT2D eigenvalue weighted by Crippen LogP contribution is 2.20. The maximum Gasteiger partial charge on any atom is 0.325 e. The number of aryl methyl sites for hydroxylation is 1. The zero-order valence-corrected chi connectivity index (χ0v) is 25.2. The minimum Gasteiger partial charge on any atom is -0.489 e. The van der Waals surface area contributed by atoms with Gasteiger partial charge in [0.2, 0.25) is 5.91 Å². The second-order valence-electron chi connectivity index (χ2n) is 11.0. The Labute approximate surface area is 252 Å². The third kappa shape index (κ3) is 12.0. The Morgan fingerprint density at radius 2 is 1.49 bits per heavy atom. The van der Waals surface area contributed by atoms with Crippen molar-refractivity contribution in [3.8, 4) is 5.75 Å². The minimum absolute atomic E-state index is 0.177. The molecule has 0 radical (unpaired) electrons. The Bertz CT molecular complexity index is 1370. The molecule has 9 nitrogen and oxygen atoms in total. The van der Waals surface area contributed by atoms with Gasteiger partial charge in [-0.2, -0.15) is 0 Å². The van der Waals surface area contributed by atoms with E-state index in [9.17, 15) is 19.2 Å². The Balaban J connectivity index is 1.54. The van der Waals surface area contributed by atoms with Crippen LogP contribution in [-0.2, 0) is 48.1 Å². The van der Waals surface area contributed by atoms with Gasteiger partial charge in [0.05, 0.1) is 12.3 Å². The minimum atomic E-state index is -0.799. The SMILES string of the molecule is CCc1ccccc1NC(=O)COC(=O)CNC(=O)[C@@H](CC(=O)OC(C)(C)C)Cc1ccc(OCc2ccccc2)cc1. The summed E-state index contributed by atoms with van der Waals surface area (Å²) in [6.45, 7) is 6.71. The van der Waals surface area contributed by atoms with Crippen LogP contribution in [0.15, 0.2) is 78.9 Å². The molecule has 0 spiro atoms. The second-order valence-corrected chi connectivity index (χ2v) is 11.0. The molecular formula is C34H40N2O7. The predicted molar refractivity (Wildman–Crippen MR) is 163 cm³/mol. The number of carbonyl (C=O) groups is 4. The number of anilines is 1. The van der Waals surface area contributed by atoms with Crippen LogP contribution >= 0.6 is 0 Å². The first kappa shape index (κ1) is 32.8. The summed E-state index contributed by atoms with van der Waals surface area (Å²) >= 11 is 0. The Kier molecular flexibility index (Phi) is 12.3. The van der Waals surface area contributed by atoms with Gasteiger partial charge in [0.25, 0.3) is 5.91 Å². The third-order valence-electron chi connectivity index (χ3n) is 6.30. The van der Waals surface area contributed by atoms with Gasteiger partial charge in [0.1, 0.15) is 24.5 Å². The molecule has 228 valence electrons. The molecule has 3 aromatic carbocycles. The molecule has 2 amide bonds. The maximum atomic E-state index is 13.1. The predicted octanol–water partition coefficient (Wildman–Crippen LogP) is 5.02. The lowest BCUT2D eigenvalue weighted by molar-refractivity contribution is -0.157. The van der Waals surface area contributed by atoms with E-state index in [1.54, 1.807) is 32.9 Å². The molecule has 0 heterocycles. The van der Waals surface area contributed by atoms with Crippen molar-refractivity contribution < 1.29 is 33.4 Å². The normalized spacial score (nSPS) is 11.6. The van der Waals surface area contributed by atoms with Gasteiger partial charge in [-0.05, 0) is 68.5 Å². The lowest BCUT2D eigenvalue weighted by atomic mass is 9.95. The first-order valence-electron chi connectivity index (χ1n) is 14.3. The molecular weight excluding hydrogens is 548 g/mol. The average molecular weight is 589 g/mol. The number of benzene rings is 3. The van der Waals surface area contributed by atoms with E-state index in [1.807, 2.05) is 73.7 Å². The Morgan fingerprint density at radius 1 is 0.814 bits per heavy atom. The van der Waals surface area contributed by atoms with Gasteiger partial charge in [-0.25, -0.2) is 0 Å². The molecule has 0 saturated heterocycles. The number of para-hydroxylation sites is 1. The number of hydrogen-bond donors (Lipinski definition) is 2. The summed E-state index contributed by atoms with van der Waals surface area (Å²) in [4.78, 5) is 50.3. The van der Waals surface area contributed by atoms with Crippen molar-refractivity contribution >= 4 is 29.4 Å². The fourth-order valence-corrected chi connectivity index (χ4v) is 4.23. The molecule has 0 bridgehead atoms. The van der Waals surface area contributed by atoms with Crippen LogP contribution in [0.1, 0.15) is 50.8 Å². The topological polar surface area (TPSA) is 120 Å². The lowest BCUT2D eigenvalue weighted by Gasteiger charge is -2.22. The molecule has 2 N–H and O–H groups in total. The summed E-state index contributed by atoms with van der Waals surface area (Å²) in [5.41, 5.74) is 2.75. The number of hydrogen-bond acceptors (Lipinski definition) is 7.